The Balaban J connectivity index is 1.82. The minimum absolute atomic E-state index is 0.0379. The molecule has 0 amide bonds. The molecule has 0 N–H and O–H groups in total. The first kappa shape index (κ1) is 24.1. The SMILES string of the molecule is COC(=O)COc1ccc2c(c1)C1(CC(C)(C)C2)CC(C)(C)c2ccc(OCC(=O)OC)cc21. The second kappa shape index (κ2) is 8.64. The summed E-state index contributed by atoms with van der Waals surface area (Å²) >= 11 is 0. The van der Waals surface area contributed by atoms with E-state index in [2.05, 4.69) is 52.0 Å². The molecular weight excluding hydrogens is 432 g/mol. The van der Waals surface area contributed by atoms with Crippen LogP contribution in [0.15, 0.2) is 36.4 Å². The van der Waals surface area contributed by atoms with Crippen LogP contribution in [0.5, 0.6) is 11.5 Å². The van der Waals surface area contributed by atoms with Gasteiger partial charge in [0.1, 0.15) is 11.5 Å². The lowest BCUT2D eigenvalue weighted by molar-refractivity contribution is -0.143. The minimum atomic E-state index is -0.410. The molecule has 0 saturated carbocycles. The maximum Gasteiger partial charge on any atom is 0.343 e. The van der Waals surface area contributed by atoms with Gasteiger partial charge in [0, 0.05) is 5.41 Å². The molecule has 2 aliphatic rings. The molecule has 2 aliphatic carbocycles. The summed E-state index contributed by atoms with van der Waals surface area (Å²) in [6, 6.07) is 12.3. The van der Waals surface area contributed by atoms with Crippen molar-refractivity contribution < 1.29 is 28.5 Å². The van der Waals surface area contributed by atoms with Gasteiger partial charge in [-0.15, -0.1) is 0 Å². The zero-order valence-electron chi connectivity index (χ0n) is 20.9. The van der Waals surface area contributed by atoms with Crippen LogP contribution in [0.25, 0.3) is 0 Å². The highest BCUT2D eigenvalue weighted by molar-refractivity contribution is 5.71. The molecule has 0 fully saturated rings. The Bertz CT molecular complexity index is 1120. The average Bonchev–Trinajstić information content (AvgIpc) is 3.01. The Morgan fingerprint density at radius 3 is 1.91 bits per heavy atom. The highest BCUT2D eigenvalue weighted by atomic mass is 16.6. The van der Waals surface area contributed by atoms with Gasteiger partial charge < -0.3 is 18.9 Å². The third-order valence-electron chi connectivity index (χ3n) is 7.19. The molecule has 0 aliphatic heterocycles. The van der Waals surface area contributed by atoms with Gasteiger partial charge in [-0.1, -0.05) is 39.8 Å². The van der Waals surface area contributed by atoms with Crippen LogP contribution in [0.2, 0.25) is 0 Å². The van der Waals surface area contributed by atoms with E-state index in [9.17, 15) is 9.59 Å². The second-order valence-corrected chi connectivity index (χ2v) is 10.9. The molecule has 6 heteroatoms. The summed E-state index contributed by atoms with van der Waals surface area (Å²) in [6.07, 6.45) is 2.90. The van der Waals surface area contributed by atoms with E-state index in [0.29, 0.717) is 11.5 Å². The van der Waals surface area contributed by atoms with Crippen LogP contribution in [0, 0.1) is 5.41 Å². The molecule has 2 aromatic rings. The van der Waals surface area contributed by atoms with Crippen LogP contribution in [0.3, 0.4) is 0 Å². The van der Waals surface area contributed by atoms with Crippen molar-refractivity contribution in [2.24, 2.45) is 5.41 Å². The van der Waals surface area contributed by atoms with E-state index < -0.39 is 11.9 Å². The molecule has 4 rings (SSSR count). The highest BCUT2D eigenvalue weighted by Crippen LogP contribution is 2.61. The number of esters is 2. The van der Waals surface area contributed by atoms with Crippen LogP contribution in [0.4, 0.5) is 0 Å². The second-order valence-electron chi connectivity index (χ2n) is 10.9. The van der Waals surface area contributed by atoms with Crippen LogP contribution in [-0.4, -0.2) is 39.4 Å². The van der Waals surface area contributed by atoms with Crippen LogP contribution < -0.4 is 9.47 Å². The van der Waals surface area contributed by atoms with E-state index in [1.807, 2.05) is 12.1 Å². The molecule has 1 atom stereocenters. The summed E-state index contributed by atoms with van der Waals surface area (Å²) in [6.45, 7) is 8.97. The Morgan fingerprint density at radius 1 is 0.765 bits per heavy atom. The third kappa shape index (κ3) is 4.38. The molecule has 2 aromatic carbocycles. The van der Waals surface area contributed by atoms with E-state index in [-0.39, 0.29) is 29.5 Å². The topological polar surface area (TPSA) is 71.1 Å². The summed E-state index contributed by atoms with van der Waals surface area (Å²) in [7, 11) is 2.71. The van der Waals surface area contributed by atoms with Crippen LogP contribution >= 0.6 is 0 Å². The van der Waals surface area contributed by atoms with Crippen molar-refractivity contribution in [1.29, 1.82) is 0 Å². The molecule has 182 valence electrons. The Labute approximate surface area is 201 Å². The fourth-order valence-corrected chi connectivity index (χ4v) is 6.08. The van der Waals surface area contributed by atoms with E-state index in [1.165, 1.54) is 36.5 Å². The molecule has 0 aromatic heterocycles. The maximum atomic E-state index is 11.6. The van der Waals surface area contributed by atoms with E-state index in [4.69, 9.17) is 18.9 Å². The Kier molecular flexibility index (Phi) is 6.13. The van der Waals surface area contributed by atoms with E-state index in [0.717, 1.165) is 19.3 Å². The summed E-state index contributed by atoms with van der Waals surface area (Å²) < 4.78 is 21.0. The summed E-state index contributed by atoms with van der Waals surface area (Å²) in [4.78, 5) is 23.3. The van der Waals surface area contributed by atoms with Gasteiger partial charge in [-0.05, 0) is 76.6 Å². The van der Waals surface area contributed by atoms with Crippen molar-refractivity contribution in [1.82, 2.24) is 0 Å². The lowest BCUT2D eigenvalue weighted by atomic mass is 9.58. The monoisotopic (exact) mass is 466 g/mol. The molecule has 6 nitrogen and oxygen atoms in total. The lowest BCUT2D eigenvalue weighted by Crippen LogP contribution is -2.39. The number of fused-ring (bicyclic) bond motifs is 4. The van der Waals surface area contributed by atoms with Crippen LogP contribution in [-0.2, 0) is 36.3 Å². The lowest BCUT2D eigenvalue weighted by Gasteiger charge is -2.46. The van der Waals surface area contributed by atoms with Gasteiger partial charge >= 0.3 is 11.9 Å². The number of carbonyl (C=O) groups is 2. The Hall–Kier alpha value is -3.02. The number of ether oxygens (including phenoxy) is 4. The van der Waals surface area contributed by atoms with Crippen molar-refractivity contribution in [3.63, 3.8) is 0 Å². The zero-order valence-corrected chi connectivity index (χ0v) is 20.9. The molecule has 0 saturated heterocycles. The number of rotatable bonds is 6. The van der Waals surface area contributed by atoms with Crippen molar-refractivity contribution in [3.05, 3.63) is 58.7 Å². The largest absolute Gasteiger partial charge is 0.482 e. The maximum absolute atomic E-state index is 11.6. The van der Waals surface area contributed by atoms with E-state index in [1.54, 1.807) is 0 Å². The van der Waals surface area contributed by atoms with Crippen molar-refractivity contribution in [3.8, 4) is 11.5 Å². The highest BCUT2D eigenvalue weighted by Gasteiger charge is 2.53. The zero-order chi connectivity index (χ0) is 24.7. The van der Waals surface area contributed by atoms with Gasteiger partial charge in [-0.25, -0.2) is 9.59 Å². The first-order valence-electron chi connectivity index (χ1n) is 11.7. The van der Waals surface area contributed by atoms with Gasteiger partial charge in [0.15, 0.2) is 13.2 Å². The van der Waals surface area contributed by atoms with Gasteiger partial charge in [-0.3, -0.25) is 0 Å². The average molecular weight is 467 g/mol. The molecular formula is C28H34O6. The van der Waals surface area contributed by atoms with Gasteiger partial charge in [0.2, 0.25) is 0 Å². The van der Waals surface area contributed by atoms with E-state index >= 15 is 0 Å². The number of methoxy groups -OCH3 is 2. The predicted octanol–water partition coefficient (Wildman–Crippen LogP) is 4.73. The number of hydrogen-bond donors (Lipinski definition) is 0. The third-order valence-corrected chi connectivity index (χ3v) is 7.19. The fourth-order valence-electron chi connectivity index (χ4n) is 6.08. The van der Waals surface area contributed by atoms with Crippen molar-refractivity contribution in [2.75, 3.05) is 27.4 Å². The van der Waals surface area contributed by atoms with Gasteiger partial charge in [0.05, 0.1) is 14.2 Å². The van der Waals surface area contributed by atoms with Gasteiger partial charge in [0.25, 0.3) is 0 Å². The normalized spacial score (nSPS) is 21.4. The summed E-state index contributed by atoms with van der Waals surface area (Å²) in [5.41, 5.74) is 4.90. The number of benzene rings is 2. The number of carbonyl (C=O) groups excluding carboxylic acids is 2. The molecule has 0 bridgehead atoms. The molecule has 1 spiro atoms. The standard InChI is InChI=1S/C28H34O6/c1-26(2)13-18-7-8-19(33-14-24(29)31-5)11-22(18)28(16-26)17-27(3,4)21-10-9-20(12-23(21)28)34-15-25(30)32-6/h7-12H,13-17H2,1-6H3. The first-order chi connectivity index (χ1) is 16.0. The van der Waals surface area contributed by atoms with Crippen molar-refractivity contribution >= 4 is 11.9 Å². The minimum Gasteiger partial charge on any atom is -0.482 e. The Morgan fingerprint density at radius 2 is 1.32 bits per heavy atom. The van der Waals surface area contributed by atoms with Crippen LogP contribution in [0.1, 0.15) is 62.8 Å². The molecule has 0 heterocycles. The van der Waals surface area contributed by atoms with Crippen molar-refractivity contribution in [2.45, 2.75) is 57.8 Å². The first-order valence-corrected chi connectivity index (χ1v) is 11.7. The molecule has 34 heavy (non-hydrogen) atoms. The number of hydrogen-bond acceptors (Lipinski definition) is 6. The smallest absolute Gasteiger partial charge is 0.343 e. The van der Waals surface area contributed by atoms with Gasteiger partial charge in [-0.2, -0.15) is 0 Å². The molecule has 0 radical (unpaired) electrons. The summed E-state index contributed by atoms with van der Waals surface area (Å²) in [5.74, 6) is 0.497. The molecule has 1 unspecified atom stereocenters. The quantitative estimate of drug-likeness (QED) is 0.573. The fraction of sp³-hybridized carbons (Fsp3) is 0.500. The predicted molar refractivity (Wildman–Crippen MR) is 128 cm³/mol. The summed E-state index contributed by atoms with van der Waals surface area (Å²) in [5, 5.41) is 0.